The number of piperidine rings is 2. The van der Waals surface area contributed by atoms with Gasteiger partial charge in [0.2, 0.25) is 0 Å². The molecule has 10 nitrogen and oxygen atoms in total. The summed E-state index contributed by atoms with van der Waals surface area (Å²) in [6, 6.07) is 14.8. The molecule has 2 saturated heterocycles. The van der Waals surface area contributed by atoms with Crippen LogP contribution >= 0.6 is 0 Å². The summed E-state index contributed by atoms with van der Waals surface area (Å²) >= 11 is 0. The van der Waals surface area contributed by atoms with E-state index < -0.39 is 11.0 Å². The van der Waals surface area contributed by atoms with E-state index in [-0.39, 0.29) is 29.3 Å². The van der Waals surface area contributed by atoms with E-state index in [1.165, 1.54) is 0 Å². The molecule has 0 spiro atoms. The van der Waals surface area contributed by atoms with Crippen LogP contribution in [0.5, 0.6) is 0 Å². The first kappa shape index (κ1) is 30.1. The summed E-state index contributed by atoms with van der Waals surface area (Å²) in [6.07, 6.45) is 3.24. The molecule has 1 amide bonds. The predicted molar refractivity (Wildman–Crippen MR) is 158 cm³/mol. The molecule has 2 heterocycles. The van der Waals surface area contributed by atoms with E-state index in [1.54, 1.807) is 24.1 Å². The highest BCUT2D eigenvalue weighted by molar-refractivity contribution is 5.78. The number of amides is 1. The van der Waals surface area contributed by atoms with E-state index in [9.17, 15) is 19.7 Å². The molecule has 0 aromatic heterocycles. The van der Waals surface area contributed by atoms with Gasteiger partial charge in [0, 0.05) is 45.0 Å². The van der Waals surface area contributed by atoms with Crippen molar-refractivity contribution in [3.05, 3.63) is 64.2 Å². The van der Waals surface area contributed by atoms with Crippen LogP contribution < -0.4 is 10.2 Å². The number of nitro groups is 1. The quantitative estimate of drug-likeness (QED) is 0.235. The second-order valence-corrected chi connectivity index (χ2v) is 12.2. The van der Waals surface area contributed by atoms with Crippen molar-refractivity contribution in [3.63, 3.8) is 0 Å². The van der Waals surface area contributed by atoms with Crippen LogP contribution in [0.1, 0.15) is 58.4 Å². The van der Waals surface area contributed by atoms with Crippen molar-refractivity contribution in [2.75, 3.05) is 43.4 Å². The molecule has 2 fully saturated rings. The Bertz CT molecular complexity index is 1210. The number of likely N-dealkylation sites (tertiary alicyclic amines) is 1. The van der Waals surface area contributed by atoms with Gasteiger partial charge in [-0.25, -0.2) is 4.79 Å². The summed E-state index contributed by atoms with van der Waals surface area (Å²) in [5, 5.41) is 14.2. The predicted octanol–water partition coefficient (Wildman–Crippen LogP) is 6.00. The van der Waals surface area contributed by atoms with E-state index in [1.807, 2.05) is 57.2 Å². The molecule has 0 radical (unpaired) electrons. The number of rotatable bonds is 8. The number of nitro benzene ring substituents is 1. The molecule has 1 N–H and O–H groups in total. The fourth-order valence-corrected chi connectivity index (χ4v) is 5.83. The van der Waals surface area contributed by atoms with E-state index in [4.69, 9.17) is 9.47 Å². The van der Waals surface area contributed by atoms with Gasteiger partial charge in [-0.15, -0.1) is 0 Å². The number of ether oxygens (including phenoxy) is 2. The molecule has 0 bridgehead atoms. The van der Waals surface area contributed by atoms with Gasteiger partial charge in [0.15, 0.2) is 0 Å². The SMILES string of the molecule is CNc1cc(N2CCC(CC3(C(=O)OC(C)(C)C)CCN(C(=O)OCc4ccccc4)CC3)CC2)ccc1[N+](=O)[O-]. The van der Waals surface area contributed by atoms with E-state index >= 15 is 0 Å². The highest BCUT2D eigenvalue weighted by Crippen LogP contribution is 2.43. The number of carbonyl (C=O) groups is 2. The molecule has 4 rings (SSSR count). The maximum absolute atomic E-state index is 13.6. The topological polar surface area (TPSA) is 114 Å². The summed E-state index contributed by atoms with van der Waals surface area (Å²) in [7, 11) is 1.68. The van der Waals surface area contributed by atoms with Gasteiger partial charge in [-0.1, -0.05) is 30.3 Å². The van der Waals surface area contributed by atoms with Gasteiger partial charge < -0.3 is 24.6 Å². The lowest BCUT2D eigenvalue weighted by Gasteiger charge is -2.44. The van der Waals surface area contributed by atoms with Crippen LogP contribution in [0.15, 0.2) is 48.5 Å². The molecule has 41 heavy (non-hydrogen) atoms. The lowest BCUT2D eigenvalue weighted by Crippen LogP contribution is -2.50. The van der Waals surface area contributed by atoms with Crippen molar-refractivity contribution in [1.82, 2.24) is 4.90 Å². The zero-order valence-corrected chi connectivity index (χ0v) is 24.6. The number of benzene rings is 2. The van der Waals surface area contributed by atoms with Gasteiger partial charge in [-0.2, -0.15) is 0 Å². The maximum atomic E-state index is 13.6. The Balaban J connectivity index is 1.38. The monoisotopic (exact) mass is 566 g/mol. The molecule has 0 saturated carbocycles. The third kappa shape index (κ3) is 7.68. The molecule has 0 atom stereocenters. The van der Waals surface area contributed by atoms with Crippen molar-refractivity contribution in [2.24, 2.45) is 11.3 Å². The summed E-state index contributed by atoms with van der Waals surface area (Å²) in [6.45, 7) is 8.37. The minimum absolute atomic E-state index is 0.0562. The number of nitrogens with one attached hydrogen (secondary N) is 1. The summed E-state index contributed by atoms with van der Waals surface area (Å²) in [5.74, 6) is 0.149. The average Bonchev–Trinajstić information content (AvgIpc) is 2.96. The fraction of sp³-hybridized carbons (Fsp3) is 0.548. The van der Waals surface area contributed by atoms with Crippen LogP contribution in [-0.2, 0) is 20.9 Å². The normalized spacial score (nSPS) is 17.6. The molecule has 2 aliphatic heterocycles. The minimum Gasteiger partial charge on any atom is -0.460 e. The molecule has 222 valence electrons. The molecular formula is C31H42N4O6. The van der Waals surface area contributed by atoms with Crippen molar-refractivity contribution >= 4 is 29.1 Å². The van der Waals surface area contributed by atoms with Gasteiger partial charge in [-0.05, 0) is 76.5 Å². The van der Waals surface area contributed by atoms with Crippen LogP contribution in [0.3, 0.4) is 0 Å². The van der Waals surface area contributed by atoms with Crippen molar-refractivity contribution in [3.8, 4) is 0 Å². The number of esters is 1. The molecule has 2 aromatic rings. The van der Waals surface area contributed by atoms with Crippen LogP contribution in [0.2, 0.25) is 0 Å². The molecule has 2 aromatic carbocycles. The van der Waals surface area contributed by atoms with E-state index in [0.29, 0.717) is 44.0 Å². The Morgan fingerprint density at radius 2 is 1.71 bits per heavy atom. The van der Waals surface area contributed by atoms with Crippen LogP contribution in [0.25, 0.3) is 0 Å². The fourth-order valence-electron chi connectivity index (χ4n) is 5.83. The first-order valence-electron chi connectivity index (χ1n) is 14.4. The van der Waals surface area contributed by atoms with E-state index in [2.05, 4.69) is 10.2 Å². The molecule has 0 aliphatic carbocycles. The van der Waals surface area contributed by atoms with Crippen molar-refractivity contribution in [2.45, 2.75) is 65.1 Å². The smallest absolute Gasteiger partial charge is 0.410 e. The van der Waals surface area contributed by atoms with Gasteiger partial charge in [0.25, 0.3) is 5.69 Å². The first-order valence-corrected chi connectivity index (χ1v) is 14.4. The first-order chi connectivity index (χ1) is 19.5. The Kier molecular flexibility index (Phi) is 9.40. The molecule has 2 aliphatic rings. The number of carbonyl (C=O) groups excluding carboxylic acids is 2. The Morgan fingerprint density at radius 3 is 2.29 bits per heavy atom. The summed E-state index contributed by atoms with van der Waals surface area (Å²) in [5.41, 5.74) is 1.18. The standard InChI is InChI=1S/C31H42N4O6/c1-30(2,3)41-28(36)31(14-18-34(19-15-31)29(37)40-22-24-8-6-5-7-9-24)21-23-12-16-33(17-13-23)25-10-11-27(35(38)39)26(20-25)32-4/h5-11,20,23,32H,12-19,21-22H2,1-4H3. The molecule has 0 unspecified atom stereocenters. The van der Waals surface area contributed by atoms with Crippen LogP contribution in [0.4, 0.5) is 21.9 Å². The van der Waals surface area contributed by atoms with Crippen molar-refractivity contribution in [1.29, 1.82) is 0 Å². The number of nitrogens with zero attached hydrogens (tertiary/aromatic N) is 3. The van der Waals surface area contributed by atoms with Gasteiger partial charge in [0.05, 0.1) is 10.3 Å². The Labute approximate surface area is 242 Å². The average molecular weight is 567 g/mol. The Hall–Kier alpha value is -3.82. The largest absolute Gasteiger partial charge is 0.460 e. The van der Waals surface area contributed by atoms with Gasteiger partial charge in [0.1, 0.15) is 17.9 Å². The molecule has 10 heteroatoms. The van der Waals surface area contributed by atoms with E-state index in [0.717, 1.165) is 37.2 Å². The second kappa shape index (κ2) is 12.8. The highest BCUT2D eigenvalue weighted by Gasteiger charge is 2.46. The van der Waals surface area contributed by atoms with Gasteiger partial charge >= 0.3 is 12.1 Å². The highest BCUT2D eigenvalue weighted by atomic mass is 16.6. The Morgan fingerprint density at radius 1 is 1.05 bits per heavy atom. The lowest BCUT2D eigenvalue weighted by atomic mass is 9.70. The van der Waals surface area contributed by atoms with Gasteiger partial charge in [-0.3, -0.25) is 14.9 Å². The maximum Gasteiger partial charge on any atom is 0.410 e. The lowest BCUT2D eigenvalue weighted by molar-refractivity contribution is -0.383. The summed E-state index contributed by atoms with van der Waals surface area (Å²) in [4.78, 5) is 41.3. The number of anilines is 2. The zero-order valence-electron chi connectivity index (χ0n) is 24.6. The molecular weight excluding hydrogens is 524 g/mol. The minimum atomic E-state index is -0.650. The van der Waals surface area contributed by atoms with Crippen molar-refractivity contribution < 1.29 is 24.0 Å². The third-order valence-corrected chi connectivity index (χ3v) is 8.12. The number of hydrogen-bond donors (Lipinski definition) is 1. The van der Waals surface area contributed by atoms with Crippen LogP contribution in [0, 0.1) is 21.4 Å². The second-order valence-electron chi connectivity index (χ2n) is 12.2. The summed E-state index contributed by atoms with van der Waals surface area (Å²) < 4.78 is 11.5. The number of hydrogen-bond acceptors (Lipinski definition) is 8. The third-order valence-electron chi connectivity index (χ3n) is 8.12. The zero-order chi connectivity index (χ0) is 29.6. The van der Waals surface area contributed by atoms with Crippen LogP contribution in [-0.4, -0.2) is 60.7 Å².